The van der Waals surface area contributed by atoms with E-state index < -0.39 is 0 Å². The van der Waals surface area contributed by atoms with Gasteiger partial charge in [0.1, 0.15) is 5.69 Å². The molecule has 1 amide bonds. The van der Waals surface area contributed by atoms with E-state index in [1.54, 1.807) is 18.5 Å². The highest BCUT2D eigenvalue weighted by Gasteiger charge is 2.21. The number of rotatable bonds is 6. The zero-order chi connectivity index (χ0) is 18.4. The van der Waals surface area contributed by atoms with Crippen LogP contribution in [0.3, 0.4) is 0 Å². The van der Waals surface area contributed by atoms with Gasteiger partial charge in [-0.25, -0.2) is 0 Å². The van der Waals surface area contributed by atoms with Crippen LogP contribution in [0.5, 0.6) is 0 Å². The van der Waals surface area contributed by atoms with E-state index >= 15 is 0 Å². The average Bonchev–Trinajstić information content (AvgIpc) is 2.53. The normalized spacial score (nSPS) is 12.7. The summed E-state index contributed by atoms with van der Waals surface area (Å²) in [4.78, 5) is 20.6. The van der Waals surface area contributed by atoms with Crippen molar-refractivity contribution in [1.29, 1.82) is 0 Å². The first-order valence-electron chi connectivity index (χ1n) is 8.68. The van der Waals surface area contributed by atoms with Crippen molar-refractivity contribution in [3.05, 3.63) is 54.1 Å². The Balaban J connectivity index is 2.22. The lowest BCUT2D eigenvalue weighted by atomic mass is 9.85. The molecule has 0 saturated carbocycles. The molecular weight excluding hydrogens is 312 g/mol. The maximum absolute atomic E-state index is 12.2. The number of amides is 1. The van der Waals surface area contributed by atoms with E-state index in [0.717, 1.165) is 17.7 Å². The minimum absolute atomic E-state index is 0.0787. The molecule has 2 rings (SSSR count). The number of pyridine rings is 2. The van der Waals surface area contributed by atoms with Gasteiger partial charge in [0.2, 0.25) is 0 Å². The second kappa shape index (κ2) is 8.10. The molecule has 0 aliphatic carbocycles. The first-order chi connectivity index (χ1) is 11.7. The summed E-state index contributed by atoms with van der Waals surface area (Å²) in [6.45, 7) is 10.5. The molecule has 5 nitrogen and oxygen atoms in total. The Hall–Kier alpha value is -2.43. The lowest BCUT2D eigenvalue weighted by Gasteiger charge is -2.28. The van der Waals surface area contributed by atoms with Gasteiger partial charge in [0, 0.05) is 30.3 Å². The summed E-state index contributed by atoms with van der Waals surface area (Å²) in [5, 5.41) is 6.41. The topological polar surface area (TPSA) is 66.9 Å². The number of aromatic nitrogens is 2. The molecule has 2 aromatic heterocycles. The molecule has 5 heteroatoms. The van der Waals surface area contributed by atoms with E-state index in [1.165, 1.54) is 0 Å². The smallest absolute Gasteiger partial charge is 0.270 e. The number of carbonyl (C=O) groups is 1. The molecule has 0 aliphatic heterocycles. The highest BCUT2D eigenvalue weighted by molar-refractivity contribution is 5.93. The highest BCUT2D eigenvalue weighted by atomic mass is 16.1. The summed E-state index contributed by atoms with van der Waals surface area (Å²) in [5.74, 6) is -0.160. The van der Waals surface area contributed by atoms with Crippen molar-refractivity contribution in [1.82, 2.24) is 15.3 Å². The van der Waals surface area contributed by atoms with Gasteiger partial charge >= 0.3 is 0 Å². The van der Waals surface area contributed by atoms with Crippen molar-refractivity contribution in [3.8, 4) is 0 Å². The zero-order valence-electron chi connectivity index (χ0n) is 15.7. The Morgan fingerprint density at radius 3 is 2.56 bits per heavy atom. The Bertz CT molecular complexity index is 692. The summed E-state index contributed by atoms with van der Waals surface area (Å²) in [6, 6.07) is 7.89. The Kier molecular flexibility index (Phi) is 6.12. The molecule has 0 saturated heterocycles. The van der Waals surface area contributed by atoms with Gasteiger partial charge in [-0.2, -0.15) is 0 Å². The van der Waals surface area contributed by atoms with Gasteiger partial charge in [0.05, 0.1) is 6.04 Å². The fourth-order valence-electron chi connectivity index (χ4n) is 2.63. The van der Waals surface area contributed by atoms with Crippen LogP contribution in [0.25, 0.3) is 0 Å². The van der Waals surface area contributed by atoms with Crippen molar-refractivity contribution < 1.29 is 4.79 Å². The van der Waals surface area contributed by atoms with Gasteiger partial charge < -0.3 is 10.6 Å². The van der Waals surface area contributed by atoms with Crippen molar-refractivity contribution >= 4 is 11.6 Å². The predicted octanol–water partition coefficient (Wildman–Crippen LogP) is 4.20. The minimum atomic E-state index is -0.160. The van der Waals surface area contributed by atoms with E-state index in [1.807, 2.05) is 32.2 Å². The molecule has 2 heterocycles. The summed E-state index contributed by atoms with van der Waals surface area (Å²) >= 11 is 0. The largest absolute Gasteiger partial charge is 0.378 e. The summed E-state index contributed by atoms with van der Waals surface area (Å²) in [5.41, 5.74) is 2.57. The molecule has 0 fully saturated rings. The molecule has 0 aliphatic rings. The maximum Gasteiger partial charge on any atom is 0.270 e. The molecule has 0 spiro atoms. The number of hydrogen-bond donors (Lipinski definition) is 2. The van der Waals surface area contributed by atoms with Crippen LogP contribution in [0.4, 0.5) is 5.69 Å². The van der Waals surface area contributed by atoms with Crippen LogP contribution >= 0.6 is 0 Å². The molecule has 1 atom stereocenters. The molecule has 0 aromatic carbocycles. The average molecular weight is 340 g/mol. The molecule has 0 bridgehead atoms. The van der Waals surface area contributed by atoms with Gasteiger partial charge in [-0.3, -0.25) is 14.8 Å². The predicted molar refractivity (Wildman–Crippen MR) is 102 cm³/mol. The highest BCUT2D eigenvalue weighted by Crippen LogP contribution is 2.31. The number of nitrogens with zero attached hydrogens (tertiary/aromatic N) is 2. The summed E-state index contributed by atoms with van der Waals surface area (Å²) < 4.78 is 0. The van der Waals surface area contributed by atoms with Crippen LogP contribution in [0.1, 0.15) is 63.1 Å². The number of anilines is 1. The van der Waals surface area contributed by atoms with E-state index in [0.29, 0.717) is 5.69 Å². The van der Waals surface area contributed by atoms with E-state index in [4.69, 9.17) is 0 Å². The molecular formula is C20H28N4O. The molecule has 0 radical (unpaired) electrons. The lowest BCUT2D eigenvalue weighted by molar-refractivity contribution is 0.0938. The summed E-state index contributed by atoms with van der Waals surface area (Å²) in [7, 11) is 0. The van der Waals surface area contributed by atoms with Crippen LogP contribution in [0.2, 0.25) is 0 Å². The van der Waals surface area contributed by atoms with Gasteiger partial charge in [-0.1, -0.05) is 26.8 Å². The second-order valence-electron chi connectivity index (χ2n) is 7.81. The van der Waals surface area contributed by atoms with E-state index in [9.17, 15) is 4.79 Å². The third kappa shape index (κ3) is 6.18. The first kappa shape index (κ1) is 18.9. The Labute approximate surface area is 150 Å². The number of carbonyl (C=O) groups excluding carboxylic acids is 1. The minimum Gasteiger partial charge on any atom is -0.378 e. The zero-order valence-corrected chi connectivity index (χ0v) is 15.7. The number of hydrogen-bond acceptors (Lipinski definition) is 4. The lowest BCUT2D eigenvalue weighted by Crippen LogP contribution is -2.30. The Morgan fingerprint density at radius 1 is 1.20 bits per heavy atom. The molecule has 2 aromatic rings. The molecule has 134 valence electrons. The van der Waals surface area contributed by atoms with E-state index in [-0.39, 0.29) is 23.4 Å². The fourth-order valence-corrected chi connectivity index (χ4v) is 2.63. The molecule has 25 heavy (non-hydrogen) atoms. The van der Waals surface area contributed by atoms with Crippen molar-refractivity contribution in [2.45, 2.75) is 53.1 Å². The van der Waals surface area contributed by atoms with E-state index in [2.05, 4.69) is 47.4 Å². The maximum atomic E-state index is 12.2. The Morgan fingerprint density at radius 2 is 1.96 bits per heavy atom. The number of nitrogens with one attached hydrogen (secondary N) is 2. The SMILES string of the molecule is CC(C)NC(=O)c1cc(N[C@@H](CC(C)(C)C)c2cccnc2)ccn1. The second-order valence-corrected chi connectivity index (χ2v) is 7.81. The van der Waals surface area contributed by atoms with Gasteiger partial charge in [0.15, 0.2) is 0 Å². The van der Waals surface area contributed by atoms with Crippen LogP contribution in [0.15, 0.2) is 42.9 Å². The first-order valence-corrected chi connectivity index (χ1v) is 8.68. The van der Waals surface area contributed by atoms with Gasteiger partial charge in [0.25, 0.3) is 5.91 Å². The van der Waals surface area contributed by atoms with Crippen LogP contribution in [-0.4, -0.2) is 21.9 Å². The monoisotopic (exact) mass is 340 g/mol. The fraction of sp³-hybridized carbons (Fsp3) is 0.450. The standard InChI is InChI=1S/C20H28N4O/c1-14(2)23-19(25)17-11-16(8-10-22-17)24-18(12-20(3,4)5)15-7-6-9-21-13-15/h6-11,13-14,18H,12H2,1-5H3,(H,22,24)(H,23,25)/t18-/m0/s1. The third-order valence-corrected chi connectivity index (χ3v) is 3.66. The van der Waals surface area contributed by atoms with Crippen molar-refractivity contribution in [3.63, 3.8) is 0 Å². The van der Waals surface area contributed by atoms with Crippen LogP contribution in [-0.2, 0) is 0 Å². The quantitative estimate of drug-likeness (QED) is 0.827. The van der Waals surface area contributed by atoms with Gasteiger partial charge in [-0.15, -0.1) is 0 Å². The van der Waals surface area contributed by atoms with Crippen LogP contribution < -0.4 is 10.6 Å². The van der Waals surface area contributed by atoms with Gasteiger partial charge in [-0.05, 0) is 49.4 Å². The summed E-state index contributed by atoms with van der Waals surface area (Å²) in [6.07, 6.45) is 6.26. The van der Waals surface area contributed by atoms with Crippen molar-refractivity contribution in [2.24, 2.45) is 5.41 Å². The third-order valence-electron chi connectivity index (χ3n) is 3.66. The van der Waals surface area contributed by atoms with Crippen LogP contribution in [0, 0.1) is 5.41 Å². The molecule has 0 unspecified atom stereocenters. The van der Waals surface area contributed by atoms with Crippen molar-refractivity contribution in [2.75, 3.05) is 5.32 Å². The molecule has 2 N–H and O–H groups in total.